The van der Waals surface area contributed by atoms with Crippen LogP contribution in [0.3, 0.4) is 0 Å². The van der Waals surface area contributed by atoms with Gasteiger partial charge in [-0.3, -0.25) is 4.90 Å². The average molecular weight is 337 g/mol. The Labute approximate surface area is 139 Å². The fourth-order valence-electron chi connectivity index (χ4n) is 3.88. The number of hydrogen-bond donors (Lipinski definition) is 1. The number of rotatable bonds is 5. The maximum Gasteiger partial charge on any atom is 0.151 e. The van der Waals surface area contributed by atoms with Crippen molar-refractivity contribution in [2.75, 3.05) is 18.1 Å². The van der Waals surface area contributed by atoms with Crippen LogP contribution in [-0.4, -0.2) is 42.5 Å². The molecule has 1 aromatic carbocycles. The lowest BCUT2D eigenvalue weighted by atomic mass is 10.0. The topological polar surface area (TPSA) is 57.6 Å². The molecule has 23 heavy (non-hydrogen) atoms. The van der Waals surface area contributed by atoms with Crippen LogP contribution in [0, 0.1) is 5.92 Å². The lowest BCUT2D eigenvalue weighted by molar-refractivity contribution is 0.179. The lowest BCUT2D eigenvalue weighted by Crippen LogP contribution is -2.38. The zero-order chi connectivity index (χ0) is 16.6. The van der Waals surface area contributed by atoms with Gasteiger partial charge in [-0.25, -0.2) is 8.42 Å². The SMILES string of the molecule is CC(C)CN(Cc1cc2c(cc1O)CCC2)[C@@H]1CCS(=O)(=O)C1. The van der Waals surface area contributed by atoms with Crippen molar-refractivity contribution in [3.05, 3.63) is 28.8 Å². The highest BCUT2D eigenvalue weighted by molar-refractivity contribution is 7.91. The van der Waals surface area contributed by atoms with E-state index in [0.29, 0.717) is 30.4 Å². The Morgan fingerprint density at radius 2 is 1.96 bits per heavy atom. The molecule has 0 amide bonds. The Bertz CT molecular complexity index is 682. The number of hydrogen-bond acceptors (Lipinski definition) is 4. The van der Waals surface area contributed by atoms with Crippen LogP contribution in [0.4, 0.5) is 0 Å². The van der Waals surface area contributed by atoms with Gasteiger partial charge >= 0.3 is 0 Å². The molecule has 1 saturated heterocycles. The van der Waals surface area contributed by atoms with Crippen molar-refractivity contribution >= 4 is 9.84 Å². The molecule has 3 rings (SSSR count). The van der Waals surface area contributed by atoms with E-state index in [9.17, 15) is 13.5 Å². The van der Waals surface area contributed by atoms with Crippen molar-refractivity contribution in [3.63, 3.8) is 0 Å². The molecule has 1 atom stereocenters. The third-order valence-corrected chi connectivity index (χ3v) is 6.74. The standard InChI is InChI=1S/C18H27NO3S/c1-13(2)10-19(17-6-7-23(21,22)12-17)11-16-8-14-4-3-5-15(14)9-18(16)20/h8-9,13,17,20H,3-7,10-12H2,1-2H3/t17-/m1/s1. The van der Waals surface area contributed by atoms with Crippen molar-refractivity contribution in [2.24, 2.45) is 5.92 Å². The van der Waals surface area contributed by atoms with E-state index in [0.717, 1.165) is 31.4 Å². The molecule has 0 unspecified atom stereocenters. The van der Waals surface area contributed by atoms with E-state index < -0.39 is 9.84 Å². The molecule has 5 heteroatoms. The summed E-state index contributed by atoms with van der Waals surface area (Å²) in [6.45, 7) is 5.80. The summed E-state index contributed by atoms with van der Waals surface area (Å²) in [5.41, 5.74) is 3.56. The summed E-state index contributed by atoms with van der Waals surface area (Å²) in [6, 6.07) is 4.13. The molecule has 0 spiro atoms. The van der Waals surface area contributed by atoms with Gasteiger partial charge in [-0.1, -0.05) is 19.9 Å². The van der Waals surface area contributed by atoms with Crippen LogP contribution in [0.5, 0.6) is 5.75 Å². The van der Waals surface area contributed by atoms with Gasteiger partial charge < -0.3 is 5.11 Å². The monoisotopic (exact) mass is 337 g/mol. The maximum absolute atomic E-state index is 11.8. The molecule has 0 bridgehead atoms. The van der Waals surface area contributed by atoms with Crippen molar-refractivity contribution in [3.8, 4) is 5.75 Å². The van der Waals surface area contributed by atoms with Gasteiger partial charge in [0.1, 0.15) is 5.75 Å². The fourth-order valence-corrected chi connectivity index (χ4v) is 5.64. The Kier molecular flexibility index (Phi) is 4.70. The molecule has 0 aromatic heterocycles. The molecule has 1 aromatic rings. The molecule has 4 nitrogen and oxygen atoms in total. The van der Waals surface area contributed by atoms with E-state index in [1.165, 1.54) is 11.1 Å². The van der Waals surface area contributed by atoms with Crippen LogP contribution in [-0.2, 0) is 29.2 Å². The molecule has 1 aliphatic carbocycles. The lowest BCUT2D eigenvalue weighted by Gasteiger charge is -2.30. The number of phenolic OH excluding ortho intramolecular Hbond substituents is 1. The first-order valence-corrected chi connectivity index (χ1v) is 10.4. The van der Waals surface area contributed by atoms with Gasteiger partial charge in [-0.15, -0.1) is 0 Å². The minimum absolute atomic E-state index is 0.0788. The summed E-state index contributed by atoms with van der Waals surface area (Å²) in [7, 11) is -2.89. The highest BCUT2D eigenvalue weighted by atomic mass is 32.2. The second kappa shape index (κ2) is 6.44. The Balaban J connectivity index is 1.81. The molecular formula is C18H27NO3S. The van der Waals surface area contributed by atoms with E-state index in [1.54, 1.807) is 0 Å². The maximum atomic E-state index is 11.8. The summed E-state index contributed by atoms with van der Waals surface area (Å²) < 4.78 is 23.7. The molecule has 0 saturated carbocycles. The number of benzene rings is 1. The van der Waals surface area contributed by atoms with Gasteiger partial charge in [0.05, 0.1) is 11.5 Å². The highest BCUT2D eigenvalue weighted by Gasteiger charge is 2.33. The van der Waals surface area contributed by atoms with Crippen LogP contribution < -0.4 is 0 Å². The molecule has 1 aliphatic heterocycles. The van der Waals surface area contributed by atoms with Crippen LogP contribution in [0.25, 0.3) is 0 Å². The molecule has 1 N–H and O–H groups in total. The van der Waals surface area contributed by atoms with Gasteiger partial charge in [0.15, 0.2) is 9.84 Å². The number of phenols is 1. The van der Waals surface area contributed by atoms with Crippen molar-refractivity contribution < 1.29 is 13.5 Å². The number of aromatic hydroxyl groups is 1. The predicted octanol–water partition coefficient (Wildman–Crippen LogP) is 2.53. The van der Waals surface area contributed by atoms with Crippen molar-refractivity contribution in [1.82, 2.24) is 4.90 Å². The van der Waals surface area contributed by atoms with Gasteiger partial charge in [-0.05, 0) is 48.8 Å². The van der Waals surface area contributed by atoms with Gasteiger partial charge in [0.2, 0.25) is 0 Å². The molecule has 1 heterocycles. The summed E-state index contributed by atoms with van der Waals surface area (Å²) in [5, 5.41) is 10.4. The number of nitrogens with zero attached hydrogens (tertiary/aromatic N) is 1. The second-order valence-electron chi connectivity index (χ2n) is 7.48. The van der Waals surface area contributed by atoms with Gasteiger partial charge in [-0.2, -0.15) is 0 Å². The summed E-state index contributed by atoms with van der Waals surface area (Å²) in [4.78, 5) is 2.26. The van der Waals surface area contributed by atoms with Crippen LogP contribution in [0.1, 0.15) is 43.4 Å². The molecule has 2 aliphatic rings. The molecule has 128 valence electrons. The van der Waals surface area contributed by atoms with Crippen LogP contribution in [0.15, 0.2) is 12.1 Å². The molecule has 1 fully saturated rings. The van der Waals surface area contributed by atoms with E-state index in [4.69, 9.17) is 0 Å². The molecular weight excluding hydrogens is 310 g/mol. The Morgan fingerprint density at radius 1 is 1.26 bits per heavy atom. The van der Waals surface area contributed by atoms with Crippen LogP contribution >= 0.6 is 0 Å². The van der Waals surface area contributed by atoms with Crippen LogP contribution in [0.2, 0.25) is 0 Å². The van der Waals surface area contributed by atoms with Gasteiger partial charge in [0.25, 0.3) is 0 Å². The van der Waals surface area contributed by atoms with E-state index >= 15 is 0 Å². The van der Waals surface area contributed by atoms with E-state index in [-0.39, 0.29) is 11.8 Å². The second-order valence-corrected chi connectivity index (χ2v) is 9.71. The summed E-state index contributed by atoms with van der Waals surface area (Å²) in [6.07, 6.45) is 4.01. The zero-order valence-corrected chi connectivity index (χ0v) is 14.9. The highest BCUT2D eigenvalue weighted by Crippen LogP contribution is 2.31. The third-order valence-electron chi connectivity index (χ3n) is 4.99. The number of fused-ring (bicyclic) bond motifs is 1. The Morgan fingerprint density at radius 3 is 2.57 bits per heavy atom. The fraction of sp³-hybridized carbons (Fsp3) is 0.667. The third kappa shape index (κ3) is 3.89. The minimum atomic E-state index is -2.89. The first-order valence-electron chi connectivity index (χ1n) is 8.62. The van der Waals surface area contributed by atoms with Gasteiger partial charge in [0, 0.05) is 24.7 Å². The normalized spacial score (nSPS) is 22.9. The number of sulfone groups is 1. The van der Waals surface area contributed by atoms with Crippen molar-refractivity contribution in [1.29, 1.82) is 0 Å². The largest absolute Gasteiger partial charge is 0.508 e. The Hall–Kier alpha value is -1.07. The smallest absolute Gasteiger partial charge is 0.151 e. The summed E-state index contributed by atoms with van der Waals surface area (Å²) in [5.74, 6) is 1.38. The zero-order valence-electron chi connectivity index (χ0n) is 14.1. The first-order chi connectivity index (χ1) is 10.8. The minimum Gasteiger partial charge on any atom is -0.508 e. The quantitative estimate of drug-likeness (QED) is 0.897. The molecule has 0 radical (unpaired) electrons. The first kappa shape index (κ1) is 16.8. The number of aryl methyl sites for hydroxylation is 2. The van der Waals surface area contributed by atoms with E-state index in [1.807, 2.05) is 6.07 Å². The average Bonchev–Trinajstić information content (AvgIpc) is 3.03. The summed E-state index contributed by atoms with van der Waals surface area (Å²) >= 11 is 0. The predicted molar refractivity (Wildman–Crippen MR) is 92.4 cm³/mol. The van der Waals surface area contributed by atoms with Crippen molar-refractivity contribution in [2.45, 2.75) is 52.1 Å². The van der Waals surface area contributed by atoms with E-state index in [2.05, 4.69) is 24.8 Å².